The molecule has 1 fully saturated rings. The number of carbonyl (C=O) groups is 2. The average molecular weight is 278 g/mol. The molecule has 0 atom stereocenters. The van der Waals surface area contributed by atoms with E-state index in [0.717, 1.165) is 25.7 Å². The highest BCUT2D eigenvalue weighted by molar-refractivity contribution is 5.90. The van der Waals surface area contributed by atoms with E-state index in [1.807, 2.05) is 0 Å². The molecule has 1 heterocycles. The van der Waals surface area contributed by atoms with Gasteiger partial charge in [-0.2, -0.15) is 0 Å². The molecule has 1 aromatic rings. The Hall–Kier alpha value is -2.02. The Morgan fingerprint density at radius 3 is 2.50 bits per heavy atom. The van der Waals surface area contributed by atoms with E-state index in [1.165, 1.54) is 12.4 Å². The second kappa shape index (κ2) is 6.95. The van der Waals surface area contributed by atoms with Gasteiger partial charge >= 0.3 is 5.97 Å². The quantitative estimate of drug-likeness (QED) is 0.797. The van der Waals surface area contributed by atoms with Crippen LogP contribution in [-0.4, -0.2) is 51.0 Å². The third-order valence-corrected chi connectivity index (χ3v) is 3.34. The molecule has 0 bridgehead atoms. The fraction of sp³-hybridized carbons (Fsp3) is 0.538. The molecule has 0 saturated heterocycles. The topological polar surface area (TPSA) is 95.4 Å². The van der Waals surface area contributed by atoms with Crippen LogP contribution in [0.25, 0.3) is 0 Å². The lowest BCUT2D eigenvalue weighted by Crippen LogP contribution is -2.42. The van der Waals surface area contributed by atoms with Crippen molar-refractivity contribution in [1.82, 2.24) is 14.9 Å². The van der Waals surface area contributed by atoms with E-state index >= 15 is 0 Å². The number of aromatic nitrogens is 2. The third kappa shape index (κ3) is 4.27. The van der Waals surface area contributed by atoms with Crippen LogP contribution in [0.5, 0.6) is 0 Å². The van der Waals surface area contributed by atoms with Gasteiger partial charge in [0.05, 0.1) is 13.1 Å². The molecule has 0 radical (unpaired) electrons. The number of hydrogen-bond donors (Lipinski definition) is 2. The minimum absolute atomic E-state index is 0.0508. The van der Waals surface area contributed by atoms with Gasteiger partial charge in [-0.3, -0.25) is 19.8 Å². The Morgan fingerprint density at radius 2 is 1.90 bits per heavy atom. The van der Waals surface area contributed by atoms with Gasteiger partial charge in [-0.1, -0.05) is 12.8 Å². The van der Waals surface area contributed by atoms with Crippen LogP contribution in [0, 0.1) is 0 Å². The highest BCUT2D eigenvalue weighted by Gasteiger charge is 2.26. The average Bonchev–Trinajstić information content (AvgIpc) is 2.92. The summed E-state index contributed by atoms with van der Waals surface area (Å²) in [5.41, 5.74) is 0. The molecular formula is C13H18N4O3. The molecular weight excluding hydrogens is 260 g/mol. The van der Waals surface area contributed by atoms with Crippen LogP contribution in [0.15, 0.2) is 18.5 Å². The molecule has 1 amide bonds. The molecule has 7 heteroatoms. The minimum atomic E-state index is -0.916. The van der Waals surface area contributed by atoms with Crippen molar-refractivity contribution < 1.29 is 14.7 Å². The number of nitrogens with zero attached hydrogens (tertiary/aromatic N) is 3. The molecule has 7 nitrogen and oxygen atoms in total. The first-order valence-electron chi connectivity index (χ1n) is 6.68. The van der Waals surface area contributed by atoms with E-state index in [1.54, 1.807) is 11.0 Å². The summed E-state index contributed by atoms with van der Waals surface area (Å²) in [7, 11) is 0. The summed E-state index contributed by atoms with van der Waals surface area (Å²) in [6, 6.07) is 1.83. The first-order valence-corrected chi connectivity index (χ1v) is 6.68. The Labute approximate surface area is 117 Å². The van der Waals surface area contributed by atoms with Crippen molar-refractivity contribution in [1.29, 1.82) is 0 Å². The fourth-order valence-corrected chi connectivity index (χ4v) is 2.47. The van der Waals surface area contributed by atoms with Crippen molar-refractivity contribution in [3.05, 3.63) is 18.5 Å². The van der Waals surface area contributed by atoms with E-state index in [2.05, 4.69) is 15.3 Å². The van der Waals surface area contributed by atoms with Crippen LogP contribution in [0.1, 0.15) is 25.7 Å². The van der Waals surface area contributed by atoms with Crippen LogP contribution < -0.4 is 5.32 Å². The number of rotatable bonds is 6. The van der Waals surface area contributed by atoms with Gasteiger partial charge in [0, 0.05) is 18.4 Å². The lowest BCUT2D eigenvalue weighted by molar-refractivity contribution is -0.139. The molecule has 1 aromatic heterocycles. The van der Waals surface area contributed by atoms with Gasteiger partial charge in [0.2, 0.25) is 11.9 Å². The van der Waals surface area contributed by atoms with Crippen molar-refractivity contribution >= 4 is 17.8 Å². The number of carboxylic acids is 1. The summed E-state index contributed by atoms with van der Waals surface area (Å²) in [4.78, 5) is 32.4. The van der Waals surface area contributed by atoms with E-state index in [0.29, 0.717) is 0 Å². The predicted molar refractivity (Wildman–Crippen MR) is 72.1 cm³/mol. The summed E-state index contributed by atoms with van der Waals surface area (Å²) in [5.74, 6) is -0.968. The highest BCUT2D eigenvalue weighted by atomic mass is 16.4. The maximum atomic E-state index is 11.9. The Bertz CT molecular complexity index is 460. The number of carbonyl (C=O) groups excluding carboxylic acids is 1. The predicted octanol–water partition coefficient (Wildman–Crippen LogP) is 0.744. The van der Waals surface area contributed by atoms with Crippen molar-refractivity contribution in [2.24, 2.45) is 0 Å². The monoisotopic (exact) mass is 278 g/mol. The van der Waals surface area contributed by atoms with Crippen molar-refractivity contribution in [2.45, 2.75) is 31.7 Å². The number of hydrogen-bond acceptors (Lipinski definition) is 5. The maximum Gasteiger partial charge on any atom is 0.317 e. The summed E-state index contributed by atoms with van der Waals surface area (Å²) in [6.07, 6.45) is 7.14. The van der Waals surface area contributed by atoms with E-state index < -0.39 is 5.97 Å². The molecule has 0 unspecified atom stereocenters. The molecule has 1 aliphatic carbocycles. The smallest absolute Gasteiger partial charge is 0.317 e. The molecule has 1 aliphatic rings. The largest absolute Gasteiger partial charge is 0.480 e. The SMILES string of the molecule is O=C(O)CN(CC(=O)Nc1ncccn1)C1CCCC1. The first-order chi connectivity index (χ1) is 9.65. The van der Waals surface area contributed by atoms with Crippen molar-refractivity contribution in [3.63, 3.8) is 0 Å². The molecule has 108 valence electrons. The molecule has 0 aliphatic heterocycles. The van der Waals surface area contributed by atoms with Crippen LogP contribution in [0.3, 0.4) is 0 Å². The lowest BCUT2D eigenvalue weighted by Gasteiger charge is -2.26. The van der Waals surface area contributed by atoms with Gasteiger partial charge in [-0.05, 0) is 18.9 Å². The Morgan fingerprint density at radius 1 is 1.25 bits per heavy atom. The van der Waals surface area contributed by atoms with Gasteiger partial charge in [0.25, 0.3) is 0 Å². The number of aliphatic carboxylic acids is 1. The zero-order valence-electron chi connectivity index (χ0n) is 11.2. The van der Waals surface area contributed by atoms with Gasteiger partial charge in [-0.25, -0.2) is 9.97 Å². The highest BCUT2D eigenvalue weighted by Crippen LogP contribution is 2.23. The molecule has 2 rings (SSSR count). The van der Waals surface area contributed by atoms with Crippen LogP contribution in [0.4, 0.5) is 5.95 Å². The summed E-state index contributed by atoms with van der Waals surface area (Å²) in [6.45, 7) is -0.0665. The molecule has 20 heavy (non-hydrogen) atoms. The van der Waals surface area contributed by atoms with Crippen molar-refractivity contribution in [2.75, 3.05) is 18.4 Å². The number of nitrogens with one attached hydrogen (secondary N) is 1. The number of carboxylic acid groups (broad SMARTS) is 1. The molecule has 0 aromatic carbocycles. The third-order valence-electron chi connectivity index (χ3n) is 3.34. The zero-order chi connectivity index (χ0) is 14.4. The fourth-order valence-electron chi connectivity index (χ4n) is 2.47. The van der Waals surface area contributed by atoms with Gasteiger partial charge in [0.15, 0.2) is 0 Å². The van der Waals surface area contributed by atoms with Crippen molar-refractivity contribution in [3.8, 4) is 0 Å². The minimum Gasteiger partial charge on any atom is -0.480 e. The lowest BCUT2D eigenvalue weighted by atomic mass is 10.2. The van der Waals surface area contributed by atoms with Gasteiger partial charge < -0.3 is 5.11 Å². The molecule has 2 N–H and O–H groups in total. The molecule has 0 spiro atoms. The van der Waals surface area contributed by atoms with E-state index in [4.69, 9.17) is 5.11 Å². The second-order valence-corrected chi connectivity index (χ2v) is 4.86. The van der Waals surface area contributed by atoms with Crippen LogP contribution in [-0.2, 0) is 9.59 Å². The maximum absolute atomic E-state index is 11.9. The summed E-state index contributed by atoms with van der Waals surface area (Å²) >= 11 is 0. The summed E-state index contributed by atoms with van der Waals surface area (Å²) < 4.78 is 0. The number of amides is 1. The second-order valence-electron chi connectivity index (χ2n) is 4.86. The normalized spacial score (nSPS) is 15.4. The van der Waals surface area contributed by atoms with Crippen LogP contribution >= 0.6 is 0 Å². The standard InChI is InChI=1S/C13H18N4O3/c18-11(16-13-14-6-3-7-15-13)8-17(9-12(19)20)10-4-1-2-5-10/h3,6-7,10H,1-2,4-5,8-9H2,(H,19,20)(H,14,15,16,18). The Kier molecular flexibility index (Phi) is 5.00. The Balaban J connectivity index is 1.92. The van der Waals surface area contributed by atoms with Gasteiger partial charge in [-0.15, -0.1) is 0 Å². The zero-order valence-corrected chi connectivity index (χ0v) is 11.2. The van der Waals surface area contributed by atoms with E-state index in [9.17, 15) is 9.59 Å². The number of anilines is 1. The van der Waals surface area contributed by atoms with Crippen LogP contribution in [0.2, 0.25) is 0 Å². The first kappa shape index (κ1) is 14.4. The van der Waals surface area contributed by atoms with E-state index in [-0.39, 0.29) is 31.0 Å². The molecule has 1 saturated carbocycles. The summed E-state index contributed by atoms with van der Waals surface area (Å²) in [5, 5.41) is 11.5. The van der Waals surface area contributed by atoms with Gasteiger partial charge in [0.1, 0.15) is 0 Å².